The summed E-state index contributed by atoms with van der Waals surface area (Å²) in [6.07, 6.45) is 0.879. The molecule has 0 amide bonds. The van der Waals surface area contributed by atoms with Crippen molar-refractivity contribution in [1.29, 1.82) is 0 Å². The number of carbonyl (C=O) groups is 1. The zero-order chi connectivity index (χ0) is 14.9. The van der Waals surface area contributed by atoms with Crippen LogP contribution >= 0.6 is 15.9 Å². The monoisotopic (exact) mass is 334 g/mol. The largest absolute Gasteiger partial charge is 0.299 e. The van der Waals surface area contributed by atoms with Gasteiger partial charge in [-0.05, 0) is 42.3 Å². The van der Waals surface area contributed by atoms with E-state index in [1.165, 1.54) is 11.1 Å². The van der Waals surface area contributed by atoms with Crippen LogP contribution in [0.25, 0.3) is 0 Å². The smallest absolute Gasteiger partial charge is 0.143 e. The Bertz CT molecular complexity index is 638. The summed E-state index contributed by atoms with van der Waals surface area (Å²) in [5, 5.41) is 4.32. The summed E-state index contributed by atoms with van der Waals surface area (Å²) in [6.45, 7) is 6.05. The molecule has 0 N–H and O–H groups in total. The minimum absolute atomic E-state index is 0.207. The molecule has 2 rings (SSSR count). The maximum atomic E-state index is 12.3. The third-order valence-electron chi connectivity index (χ3n) is 3.31. The Morgan fingerprint density at radius 3 is 2.25 bits per heavy atom. The highest BCUT2D eigenvalue weighted by Crippen LogP contribution is 2.21. The van der Waals surface area contributed by atoms with Crippen LogP contribution in [0.2, 0.25) is 0 Å². The fraction of sp³-hybridized carbons (Fsp3) is 0.375. The number of rotatable bonds is 4. The minimum Gasteiger partial charge on any atom is -0.299 e. The summed E-state index contributed by atoms with van der Waals surface area (Å²) in [5.74, 6) is 0.207. The van der Waals surface area contributed by atoms with Crippen LogP contribution in [0.5, 0.6) is 0 Å². The fourth-order valence-electron chi connectivity index (χ4n) is 2.52. The van der Waals surface area contributed by atoms with E-state index in [4.69, 9.17) is 0 Å². The molecule has 20 heavy (non-hydrogen) atoms. The molecule has 0 aliphatic heterocycles. The van der Waals surface area contributed by atoms with Gasteiger partial charge < -0.3 is 0 Å². The molecule has 4 heteroatoms. The van der Waals surface area contributed by atoms with Crippen LogP contribution in [-0.4, -0.2) is 15.6 Å². The Kier molecular flexibility index (Phi) is 4.43. The highest BCUT2D eigenvalue weighted by Gasteiger charge is 2.14. The zero-order valence-corrected chi connectivity index (χ0v) is 13.9. The first kappa shape index (κ1) is 15.0. The van der Waals surface area contributed by atoms with E-state index in [0.717, 1.165) is 21.4 Å². The van der Waals surface area contributed by atoms with Crippen LogP contribution in [0.1, 0.15) is 28.1 Å². The van der Waals surface area contributed by atoms with Crippen molar-refractivity contribution in [1.82, 2.24) is 9.78 Å². The predicted molar refractivity (Wildman–Crippen MR) is 84.0 cm³/mol. The maximum absolute atomic E-state index is 12.3. The van der Waals surface area contributed by atoms with Gasteiger partial charge in [-0.2, -0.15) is 5.10 Å². The van der Waals surface area contributed by atoms with Crippen molar-refractivity contribution in [3.05, 3.63) is 50.8 Å². The topological polar surface area (TPSA) is 34.9 Å². The molecule has 0 atom stereocenters. The lowest BCUT2D eigenvalue weighted by atomic mass is 10.0. The number of carbonyl (C=O) groups excluding carboxylic acids is 1. The summed E-state index contributed by atoms with van der Waals surface area (Å²) < 4.78 is 2.72. The van der Waals surface area contributed by atoms with Crippen molar-refractivity contribution in [2.24, 2.45) is 7.05 Å². The number of hydrogen-bond donors (Lipinski definition) is 0. The van der Waals surface area contributed by atoms with Crippen molar-refractivity contribution >= 4 is 21.7 Å². The molecule has 0 bridgehead atoms. The summed E-state index contributed by atoms with van der Waals surface area (Å²) >= 11 is 3.50. The standard InChI is InChI=1S/C16H19BrN2O/c1-10-5-11(2)7-13(6-10)8-14(20)9-15-16(17)12(3)18-19(15)4/h5-7H,8-9H2,1-4H3. The summed E-state index contributed by atoms with van der Waals surface area (Å²) in [7, 11) is 1.87. The number of aromatic nitrogens is 2. The highest BCUT2D eigenvalue weighted by atomic mass is 79.9. The first-order chi connectivity index (χ1) is 9.36. The molecule has 106 valence electrons. The van der Waals surface area contributed by atoms with Crippen LogP contribution in [0.4, 0.5) is 0 Å². The van der Waals surface area contributed by atoms with Crippen molar-refractivity contribution in [3.8, 4) is 0 Å². The van der Waals surface area contributed by atoms with Crippen molar-refractivity contribution < 1.29 is 4.79 Å². The van der Waals surface area contributed by atoms with Gasteiger partial charge in [0.15, 0.2) is 0 Å². The number of nitrogens with zero attached hydrogens (tertiary/aromatic N) is 2. The quantitative estimate of drug-likeness (QED) is 0.858. The number of aryl methyl sites for hydroxylation is 4. The van der Waals surface area contributed by atoms with Gasteiger partial charge in [-0.25, -0.2) is 0 Å². The van der Waals surface area contributed by atoms with E-state index in [-0.39, 0.29) is 5.78 Å². The molecule has 0 radical (unpaired) electrons. The molecule has 0 saturated carbocycles. The van der Waals surface area contributed by atoms with Crippen molar-refractivity contribution in [2.45, 2.75) is 33.6 Å². The number of ketones is 1. The number of hydrogen-bond acceptors (Lipinski definition) is 2. The Morgan fingerprint density at radius 1 is 1.15 bits per heavy atom. The predicted octanol–water partition coefficient (Wildman–Crippen LogP) is 3.46. The molecular weight excluding hydrogens is 316 g/mol. The molecule has 0 aliphatic carbocycles. The average molecular weight is 335 g/mol. The van der Waals surface area contributed by atoms with Gasteiger partial charge in [0.25, 0.3) is 0 Å². The van der Waals surface area contributed by atoms with Gasteiger partial charge in [0, 0.05) is 19.9 Å². The first-order valence-electron chi connectivity index (χ1n) is 6.63. The molecule has 0 unspecified atom stereocenters. The molecule has 0 aliphatic rings. The third kappa shape index (κ3) is 3.37. The normalized spacial score (nSPS) is 10.8. The van der Waals surface area contributed by atoms with E-state index in [9.17, 15) is 4.79 Å². The second-order valence-electron chi connectivity index (χ2n) is 5.36. The number of benzene rings is 1. The number of Topliss-reactive ketones (excluding diaryl/α,β-unsaturated/α-hetero) is 1. The Balaban J connectivity index is 2.13. The van der Waals surface area contributed by atoms with Crippen LogP contribution in [0.3, 0.4) is 0 Å². The van der Waals surface area contributed by atoms with E-state index in [1.807, 2.05) is 14.0 Å². The van der Waals surface area contributed by atoms with Gasteiger partial charge in [0.1, 0.15) is 5.78 Å². The Hall–Kier alpha value is -1.42. The van der Waals surface area contributed by atoms with Crippen LogP contribution in [0, 0.1) is 20.8 Å². The summed E-state index contributed by atoms with van der Waals surface area (Å²) in [4.78, 5) is 12.3. The Morgan fingerprint density at radius 2 is 1.75 bits per heavy atom. The van der Waals surface area contributed by atoms with Gasteiger partial charge in [0.05, 0.1) is 15.9 Å². The van der Waals surface area contributed by atoms with E-state index >= 15 is 0 Å². The van der Waals surface area contributed by atoms with Crippen LogP contribution in [-0.2, 0) is 24.7 Å². The molecule has 0 saturated heterocycles. The lowest BCUT2D eigenvalue weighted by molar-refractivity contribution is -0.117. The van der Waals surface area contributed by atoms with Gasteiger partial charge in [-0.15, -0.1) is 0 Å². The molecule has 1 aromatic carbocycles. The highest BCUT2D eigenvalue weighted by molar-refractivity contribution is 9.10. The van der Waals surface area contributed by atoms with Crippen molar-refractivity contribution in [3.63, 3.8) is 0 Å². The fourth-order valence-corrected chi connectivity index (χ4v) is 3.00. The third-order valence-corrected chi connectivity index (χ3v) is 4.34. The molecule has 1 aromatic heterocycles. The van der Waals surface area contributed by atoms with Gasteiger partial charge >= 0.3 is 0 Å². The van der Waals surface area contributed by atoms with Gasteiger partial charge in [-0.1, -0.05) is 29.3 Å². The van der Waals surface area contributed by atoms with E-state index in [2.05, 4.69) is 53.1 Å². The molecule has 0 spiro atoms. The van der Waals surface area contributed by atoms with E-state index in [0.29, 0.717) is 12.8 Å². The summed E-state index contributed by atoms with van der Waals surface area (Å²) in [5.41, 5.74) is 5.34. The molecule has 2 aromatic rings. The molecule has 0 fully saturated rings. The van der Waals surface area contributed by atoms with E-state index in [1.54, 1.807) is 4.68 Å². The molecule has 3 nitrogen and oxygen atoms in total. The molecular formula is C16H19BrN2O. The average Bonchev–Trinajstić information content (AvgIpc) is 2.54. The van der Waals surface area contributed by atoms with Gasteiger partial charge in [-0.3, -0.25) is 9.48 Å². The first-order valence-corrected chi connectivity index (χ1v) is 7.43. The SMILES string of the molecule is Cc1cc(C)cc(CC(=O)Cc2c(Br)c(C)nn2C)c1. The summed E-state index contributed by atoms with van der Waals surface area (Å²) in [6, 6.07) is 6.28. The second-order valence-corrected chi connectivity index (χ2v) is 6.15. The minimum atomic E-state index is 0.207. The van der Waals surface area contributed by atoms with E-state index < -0.39 is 0 Å². The lowest BCUT2D eigenvalue weighted by Crippen LogP contribution is -2.10. The van der Waals surface area contributed by atoms with Crippen molar-refractivity contribution in [2.75, 3.05) is 0 Å². The lowest BCUT2D eigenvalue weighted by Gasteiger charge is -2.06. The zero-order valence-electron chi connectivity index (χ0n) is 12.3. The van der Waals surface area contributed by atoms with Crippen LogP contribution < -0.4 is 0 Å². The molecule has 1 heterocycles. The number of halogens is 1. The van der Waals surface area contributed by atoms with Gasteiger partial charge in [0.2, 0.25) is 0 Å². The van der Waals surface area contributed by atoms with Crippen LogP contribution in [0.15, 0.2) is 22.7 Å². The maximum Gasteiger partial charge on any atom is 0.143 e. The Labute approximate surface area is 128 Å². The second kappa shape index (κ2) is 5.92.